The van der Waals surface area contributed by atoms with Crippen LogP contribution in [0, 0.1) is 6.92 Å². The van der Waals surface area contributed by atoms with Gasteiger partial charge in [0.2, 0.25) is 0 Å². The summed E-state index contributed by atoms with van der Waals surface area (Å²) >= 11 is 0. The third kappa shape index (κ3) is 3.00. The van der Waals surface area contributed by atoms with E-state index in [-0.39, 0.29) is 6.04 Å². The lowest BCUT2D eigenvalue weighted by Gasteiger charge is -2.18. The van der Waals surface area contributed by atoms with Crippen molar-refractivity contribution in [3.63, 3.8) is 0 Å². The maximum absolute atomic E-state index is 5.71. The van der Waals surface area contributed by atoms with E-state index in [1.165, 1.54) is 11.3 Å². The Bertz CT molecular complexity index is 547. The van der Waals surface area contributed by atoms with E-state index in [0.29, 0.717) is 0 Å². The van der Waals surface area contributed by atoms with Crippen LogP contribution in [0.2, 0.25) is 0 Å². The molecule has 1 unspecified atom stereocenters. The Morgan fingerprint density at radius 2 is 2.26 bits per heavy atom. The normalized spacial score (nSPS) is 12.6. The maximum atomic E-state index is 5.71. The molecule has 0 spiro atoms. The van der Waals surface area contributed by atoms with E-state index in [2.05, 4.69) is 28.5 Å². The first kappa shape index (κ1) is 13.7. The molecule has 102 valence electrons. The van der Waals surface area contributed by atoms with Crippen molar-refractivity contribution in [2.75, 3.05) is 0 Å². The second-order valence-corrected chi connectivity index (χ2v) is 4.76. The number of nitrogens with zero attached hydrogens (tertiary/aromatic N) is 3. The molecule has 2 aromatic heterocycles. The molecule has 5 nitrogen and oxygen atoms in total. The average Bonchev–Trinajstić information content (AvgIpc) is 2.77. The van der Waals surface area contributed by atoms with Gasteiger partial charge in [-0.05, 0) is 36.6 Å². The van der Waals surface area contributed by atoms with Gasteiger partial charge in [-0.15, -0.1) is 0 Å². The van der Waals surface area contributed by atoms with Crippen molar-refractivity contribution in [2.45, 2.75) is 32.7 Å². The smallest absolute Gasteiger partial charge is 0.0624 e. The van der Waals surface area contributed by atoms with Gasteiger partial charge in [-0.1, -0.05) is 6.92 Å². The van der Waals surface area contributed by atoms with E-state index >= 15 is 0 Å². The van der Waals surface area contributed by atoms with Crippen LogP contribution in [-0.4, -0.2) is 14.8 Å². The highest BCUT2D eigenvalue weighted by molar-refractivity contribution is 5.27. The zero-order valence-corrected chi connectivity index (χ0v) is 11.7. The average molecular weight is 259 g/mol. The maximum Gasteiger partial charge on any atom is 0.0624 e. The summed E-state index contributed by atoms with van der Waals surface area (Å²) in [7, 11) is 1.97. The molecule has 5 heteroatoms. The molecule has 2 heterocycles. The molecule has 0 radical (unpaired) electrons. The van der Waals surface area contributed by atoms with Crippen molar-refractivity contribution in [1.82, 2.24) is 20.2 Å². The third-order valence-corrected chi connectivity index (χ3v) is 3.44. The fourth-order valence-corrected chi connectivity index (χ4v) is 2.28. The summed E-state index contributed by atoms with van der Waals surface area (Å²) in [5, 5.41) is 4.47. The summed E-state index contributed by atoms with van der Waals surface area (Å²) < 4.78 is 1.93. The molecule has 0 bridgehead atoms. The lowest BCUT2D eigenvalue weighted by Crippen LogP contribution is -2.30. The predicted molar refractivity (Wildman–Crippen MR) is 75.3 cm³/mol. The third-order valence-electron chi connectivity index (χ3n) is 3.44. The second kappa shape index (κ2) is 5.95. The van der Waals surface area contributed by atoms with Crippen molar-refractivity contribution in [3.05, 3.63) is 47.0 Å². The molecule has 0 aliphatic carbocycles. The van der Waals surface area contributed by atoms with Crippen LogP contribution in [0.4, 0.5) is 0 Å². The Hall–Kier alpha value is -1.72. The van der Waals surface area contributed by atoms with Gasteiger partial charge < -0.3 is 0 Å². The van der Waals surface area contributed by atoms with Crippen LogP contribution in [0.15, 0.2) is 24.5 Å². The highest BCUT2D eigenvalue weighted by Crippen LogP contribution is 2.20. The first-order valence-corrected chi connectivity index (χ1v) is 6.54. The molecular formula is C14H21N5. The first-order chi connectivity index (χ1) is 9.15. The first-order valence-electron chi connectivity index (χ1n) is 6.54. The van der Waals surface area contributed by atoms with Crippen molar-refractivity contribution < 1.29 is 0 Å². The number of rotatable bonds is 5. The standard InChI is InChI=1S/C14H21N5/c1-4-11-7-12(19(3)18-11)8-14(17-15)13-5-6-16-9-10(13)2/h5-7,9,14,17H,4,8,15H2,1-3H3. The van der Waals surface area contributed by atoms with Crippen molar-refractivity contribution >= 4 is 0 Å². The van der Waals surface area contributed by atoms with Crippen LogP contribution in [0.25, 0.3) is 0 Å². The quantitative estimate of drug-likeness (QED) is 0.629. The Morgan fingerprint density at radius 1 is 1.47 bits per heavy atom. The molecule has 0 fully saturated rings. The van der Waals surface area contributed by atoms with Gasteiger partial charge in [-0.3, -0.25) is 20.9 Å². The molecule has 0 aliphatic heterocycles. The van der Waals surface area contributed by atoms with Gasteiger partial charge >= 0.3 is 0 Å². The monoisotopic (exact) mass is 259 g/mol. The van der Waals surface area contributed by atoms with E-state index in [0.717, 1.165) is 24.1 Å². The molecule has 0 saturated carbocycles. The Kier molecular flexibility index (Phi) is 4.29. The molecule has 2 rings (SSSR count). The minimum atomic E-state index is 0.0723. The van der Waals surface area contributed by atoms with E-state index in [1.54, 1.807) is 6.20 Å². The van der Waals surface area contributed by atoms with Gasteiger partial charge in [0.15, 0.2) is 0 Å². The molecule has 0 amide bonds. The Labute approximate surface area is 113 Å². The highest BCUT2D eigenvalue weighted by atomic mass is 15.3. The topological polar surface area (TPSA) is 68.8 Å². The van der Waals surface area contributed by atoms with Crippen molar-refractivity contribution in [1.29, 1.82) is 0 Å². The molecule has 0 aromatic carbocycles. The van der Waals surface area contributed by atoms with Crippen LogP contribution >= 0.6 is 0 Å². The number of pyridine rings is 1. The minimum absolute atomic E-state index is 0.0723. The summed E-state index contributed by atoms with van der Waals surface area (Å²) in [4.78, 5) is 4.12. The summed E-state index contributed by atoms with van der Waals surface area (Å²) in [6, 6.07) is 4.22. The molecule has 3 N–H and O–H groups in total. The number of hydrazine groups is 1. The van der Waals surface area contributed by atoms with Crippen LogP contribution in [0.1, 0.15) is 35.5 Å². The van der Waals surface area contributed by atoms with E-state index in [1.807, 2.05) is 30.9 Å². The van der Waals surface area contributed by atoms with Crippen LogP contribution in [-0.2, 0) is 19.9 Å². The molecule has 0 saturated heterocycles. The fraction of sp³-hybridized carbons (Fsp3) is 0.429. The second-order valence-electron chi connectivity index (χ2n) is 4.76. The molecule has 19 heavy (non-hydrogen) atoms. The number of nitrogens with two attached hydrogens (primary N) is 1. The van der Waals surface area contributed by atoms with Gasteiger partial charge in [0.05, 0.1) is 11.7 Å². The highest BCUT2D eigenvalue weighted by Gasteiger charge is 2.15. The van der Waals surface area contributed by atoms with E-state index in [9.17, 15) is 0 Å². The molecule has 0 aliphatic rings. The van der Waals surface area contributed by atoms with Crippen LogP contribution in [0.3, 0.4) is 0 Å². The lowest BCUT2D eigenvalue weighted by atomic mass is 9.99. The lowest BCUT2D eigenvalue weighted by molar-refractivity contribution is 0.527. The molecule has 2 aromatic rings. The summed E-state index contributed by atoms with van der Waals surface area (Å²) in [6.45, 7) is 4.16. The predicted octanol–water partition coefficient (Wildman–Crippen LogP) is 1.43. The molecular weight excluding hydrogens is 238 g/mol. The van der Waals surface area contributed by atoms with E-state index in [4.69, 9.17) is 5.84 Å². The fourth-order valence-electron chi connectivity index (χ4n) is 2.28. The summed E-state index contributed by atoms with van der Waals surface area (Å²) in [5.41, 5.74) is 7.50. The zero-order valence-electron chi connectivity index (χ0n) is 11.7. The minimum Gasteiger partial charge on any atom is -0.272 e. The number of hydrogen-bond donors (Lipinski definition) is 2. The van der Waals surface area contributed by atoms with Gasteiger partial charge in [-0.2, -0.15) is 5.10 Å². The van der Waals surface area contributed by atoms with Gasteiger partial charge in [0.1, 0.15) is 0 Å². The van der Waals surface area contributed by atoms with Gasteiger partial charge in [0, 0.05) is 31.6 Å². The number of aromatic nitrogens is 3. The Balaban J connectivity index is 2.24. The summed E-state index contributed by atoms with van der Waals surface area (Å²) in [5.74, 6) is 5.71. The van der Waals surface area contributed by atoms with E-state index < -0.39 is 0 Å². The number of nitrogens with one attached hydrogen (secondary N) is 1. The number of hydrogen-bond acceptors (Lipinski definition) is 4. The SMILES string of the molecule is CCc1cc(CC(NN)c2ccncc2C)n(C)n1. The van der Waals surface area contributed by atoms with Crippen molar-refractivity contribution in [2.24, 2.45) is 12.9 Å². The largest absolute Gasteiger partial charge is 0.272 e. The van der Waals surface area contributed by atoms with Gasteiger partial charge in [-0.25, -0.2) is 0 Å². The molecule has 1 atom stereocenters. The van der Waals surface area contributed by atoms with Gasteiger partial charge in [0.25, 0.3) is 0 Å². The van der Waals surface area contributed by atoms with Crippen LogP contribution < -0.4 is 11.3 Å². The van der Waals surface area contributed by atoms with Crippen LogP contribution in [0.5, 0.6) is 0 Å². The Morgan fingerprint density at radius 3 is 2.84 bits per heavy atom. The number of aryl methyl sites for hydroxylation is 3. The zero-order chi connectivity index (χ0) is 13.8. The van der Waals surface area contributed by atoms with Crippen molar-refractivity contribution in [3.8, 4) is 0 Å². The summed E-state index contributed by atoms with van der Waals surface area (Å²) in [6.07, 6.45) is 5.42.